The lowest BCUT2D eigenvalue weighted by Gasteiger charge is -2.41. The van der Waals surface area contributed by atoms with E-state index in [9.17, 15) is 20.2 Å². The number of benzene rings is 2. The Hall–Kier alpha value is -3.20. The first kappa shape index (κ1) is 21.5. The molecule has 0 bridgehead atoms. The number of nitro groups is 2. The Morgan fingerprint density at radius 3 is 1.37 bits per heavy atom. The lowest BCUT2D eigenvalue weighted by molar-refractivity contribution is -0.818. The van der Waals surface area contributed by atoms with Gasteiger partial charge in [0.1, 0.15) is 16.9 Å². The number of piperidine rings is 1. The monoisotopic (exact) mass is 416 g/mol. The standard InChI is InChI=1S/C21H25N3O6/c1-21(2)19(23(25)26)17(13-5-9-15(29-3)10-6-13)22-18(20(21)24(27)28)14-7-11-16(30-4)12-8-14/h5-12,17-20,22H,1-4H3/p+1/t17-,18-,19-,20+/m1/s1. The smallest absolute Gasteiger partial charge is 0.279 e. The predicted molar refractivity (Wildman–Crippen MR) is 109 cm³/mol. The second kappa shape index (κ2) is 8.27. The van der Waals surface area contributed by atoms with Gasteiger partial charge in [-0.25, -0.2) is 0 Å². The van der Waals surface area contributed by atoms with Crippen LogP contribution in [-0.2, 0) is 0 Å². The molecule has 0 radical (unpaired) electrons. The quantitative estimate of drug-likeness (QED) is 0.570. The highest BCUT2D eigenvalue weighted by atomic mass is 16.6. The fraction of sp³-hybridized carbons (Fsp3) is 0.429. The normalized spacial score (nSPS) is 25.3. The molecule has 160 valence electrons. The Labute approximate surface area is 174 Å². The van der Waals surface area contributed by atoms with Crippen LogP contribution in [0.2, 0.25) is 0 Å². The summed E-state index contributed by atoms with van der Waals surface area (Å²) in [5, 5.41) is 25.9. The number of hydrogen-bond donors (Lipinski definition) is 1. The zero-order valence-corrected chi connectivity index (χ0v) is 17.3. The summed E-state index contributed by atoms with van der Waals surface area (Å²) in [6, 6.07) is 10.6. The number of ether oxygens (including phenoxy) is 2. The SMILES string of the molecule is COc1ccc([C@H]2[NH2+][C@H](c3ccc(OC)cc3)[C@@H]([N+](=O)[O-])C(C)(C)[C@H]2[N+](=O)[O-])cc1. The van der Waals surface area contributed by atoms with E-state index in [-0.39, 0.29) is 9.85 Å². The number of quaternary nitrogens is 1. The molecule has 1 fully saturated rings. The van der Waals surface area contributed by atoms with Crippen molar-refractivity contribution in [3.63, 3.8) is 0 Å². The average Bonchev–Trinajstić information content (AvgIpc) is 2.71. The van der Waals surface area contributed by atoms with Crippen LogP contribution in [-0.4, -0.2) is 36.1 Å². The molecule has 2 aromatic rings. The van der Waals surface area contributed by atoms with Crippen LogP contribution in [0.4, 0.5) is 0 Å². The fourth-order valence-electron chi connectivity index (χ4n) is 4.58. The molecule has 1 aliphatic heterocycles. The van der Waals surface area contributed by atoms with Gasteiger partial charge in [-0.05, 0) is 62.4 Å². The second-order valence-electron chi connectivity index (χ2n) is 8.07. The lowest BCUT2D eigenvalue weighted by atomic mass is 9.66. The molecule has 9 nitrogen and oxygen atoms in total. The number of hydrogen-bond acceptors (Lipinski definition) is 6. The minimum atomic E-state index is -1.20. The maximum Gasteiger partial charge on any atom is 0.279 e. The van der Waals surface area contributed by atoms with Crippen molar-refractivity contribution in [3.8, 4) is 11.5 Å². The van der Waals surface area contributed by atoms with Crippen LogP contribution in [0.15, 0.2) is 48.5 Å². The highest BCUT2D eigenvalue weighted by Gasteiger charge is 2.65. The largest absolute Gasteiger partial charge is 0.497 e. The molecular formula is C21H26N3O6+. The topological polar surface area (TPSA) is 121 Å². The first-order valence-corrected chi connectivity index (χ1v) is 9.60. The highest BCUT2D eigenvalue weighted by Crippen LogP contribution is 2.43. The van der Waals surface area contributed by atoms with Gasteiger partial charge in [-0.2, -0.15) is 0 Å². The van der Waals surface area contributed by atoms with Crippen molar-refractivity contribution in [2.45, 2.75) is 38.0 Å². The molecule has 0 amide bonds. The van der Waals surface area contributed by atoms with Gasteiger partial charge in [-0.1, -0.05) is 0 Å². The molecule has 2 aromatic carbocycles. The number of methoxy groups -OCH3 is 2. The van der Waals surface area contributed by atoms with Gasteiger partial charge < -0.3 is 14.8 Å². The molecule has 9 heteroatoms. The number of nitrogens with zero attached hydrogens (tertiary/aromatic N) is 2. The van der Waals surface area contributed by atoms with Crippen molar-refractivity contribution < 1.29 is 24.6 Å². The molecule has 0 aliphatic carbocycles. The van der Waals surface area contributed by atoms with Gasteiger partial charge in [-0.3, -0.25) is 20.2 Å². The average molecular weight is 416 g/mol. The summed E-state index contributed by atoms with van der Waals surface area (Å²) in [5.74, 6) is 1.28. The second-order valence-corrected chi connectivity index (χ2v) is 8.07. The zero-order chi connectivity index (χ0) is 22.1. The van der Waals surface area contributed by atoms with Crippen LogP contribution in [0, 0.1) is 25.6 Å². The Morgan fingerprint density at radius 2 is 1.10 bits per heavy atom. The first-order chi connectivity index (χ1) is 14.2. The van der Waals surface area contributed by atoms with Gasteiger partial charge >= 0.3 is 0 Å². The maximum atomic E-state index is 12.1. The van der Waals surface area contributed by atoms with E-state index >= 15 is 0 Å². The molecule has 4 atom stereocenters. The molecule has 0 saturated carbocycles. The van der Waals surface area contributed by atoms with Crippen molar-refractivity contribution in [2.75, 3.05) is 14.2 Å². The fourth-order valence-corrected chi connectivity index (χ4v) is 4.58. The molecule has 0 unspecified atom stereocenters. The van der Waals surface area contributed by atoms with Crippen LogP contribution < -0.4 is 14.8 Å². The minimum Gasteiger partial charge on any atom is -0.497 e. The van der Waals surface area contributed by atoms with E-state index in [0.29, 0.717) is 11.5 Å². The van der Waals surface area contributed by atoms with Gasteiger partial charge in [-0.15, -0.1) is 0 Å². The molecule has 0 spiro atoms. The van der Waals surface area contributed by atoms with Crippen molar-refractivity contribution in [3.05, 3.63) is 79.9 Å². The van der Waals surface area contributed by atoms with Gasteiger partial charge in [0.2, 0.25) is 0 Å². The van der Waals surface area contributed by atoms with E-state index < -0.39 is 29.6 Å². The third kappa shape index (κ3) is 3.80. The van der Waals surface area contributed by atoms with Crippen molar-refractivity contribution in [2.24, 2.45) is 5.41 Å². The number of rotatable bonds is 6. The van der Waals surface area contributed by atoms with Crippen LogP contribution in [0.1, 0.15) is 37.1 Å². The molecule has 30 heavy (non-hydrogen) atoms. The predicted octanol–water partition coefficient (Wildman–Crippen LogP) is 2.38. The van der Waals surface area contributed by atoms with E-state index in [1.54, 1.807) is 81.9 Å². The van der Waals surface area contributed by atoms with Crippen LogP contribution in [0.5, 0.6) is 11.5 Å². The van der Waals surface area contributed by atoms with Crippen molar-refractivity contribution in [1.82, 2.24) is 0 Å². The van der Waals surface area contributed by atoms with Gasteiger partial charge in [0.05, 0.1) is 14.2 Å². The Bertz CT molecular complexity index is 840. The summed E-state index contributed by atoms with van der Waals surface area (Å²) in [5.41, 5.74) is 0.258. The van der Waals surface area contributed by atoms with Gasteiger partial charge in [0.25, 0.3) is 12.1 Å². The van der Waals surface area contributed by atoms with E-state index in [4.69, 9.17) is 9.47 Å². The van der Waals surface area contributed by atoms with E-state index in [2.05, 4.69) is 0 Å². The summed E-state index contributed by atoms with van der Waals surface area (Å²) in [6.07, 6.45) is 0. The Balaban J connectivity index is 2.11. The van der Waals surface area contributed by atoms with Crippen LogP contribution in [0.3, 0.4) is 0 Å². The molecule has 0 aromatic heterocycles. The zero-order valence-electron chi connectivity index (χ0n) is 17.3. The molecule has 2 N–H and O–H groups in total. The first-order valence-electron chi connectivity index (χ1n) is 9.60. The third-order valence-corrected chi connectivity index (χ3v) is 6.08. The van der Waals surface area contributed by atoms with E-state index in [0.717, 1.165) is 11.1 Å². The summed E-state index contributed by atoms with van der Waals surface area (Å²) in [7, 11) is 3.10. The highest BCUT2D eigenvalue weighted by molar-refractivity contribution is 5.32. The Morgan fingerprint density at radius 1 is 0.767 bits per heavy atom. The summed E-state index contributed by atoms with van der Waals surface area (Å²) < 4.78 is 10.4. The summed E-state index contributed by atoms with van der Waals surface area (Å²) in [4.78, 5) is 23.4. The van der Waals surface area contributed by atoms with Crippen molar-refractivity contribution >= 4 is 0 Å². The van der Waals surface area contributed by atoms with E-state index in [1.165, 1.54) is 0 Å². The third-order valence-electron chi connectivity index (χ3n) is 6.08. The van der Waals surface area contributed by atoms with Crippen molar-refractivity contribution in [1.29, 1.82) is 0 Å². The lowest BCUT2D eigenvalue weighted by Crippen LogP contribution is -2.96. The number of nitrogens with two attached hydrogens (primary N) is 1. The Kier molecular flexibility index (Phi) is 5.93. The van der Waals surface area contributed by atoms with Crippen LogP contribution >= 0.6 is 0 Å². The van der Waals surface area contributed by atoms with Gasteiger partial charge in [0, 0.05) is 21.0 Å². The molecule has 3 rings (SSSR count). The summed E-state index contributed by atoms with van der Waals surface area (Å²) in [6.45, 7) is 3.24. The maximum absolute atomic E-state index is 12.1. The van der Waals surface area contributed by atoms with Gasteiger partial charge in [0.15, 0.2) is 12.1 Å². The molecule has 1 saturated heterocycles. The van der Waals surface area contributed by atoms with E-state index in [1.807, 2.05) is 0 Å². The summed E-state index contributed by atoms with van der Waals surface area (Å²) >= 11 is 0. The molecule has 1 aliphatic rings. The minimum absolute atomic E-state index is 0.383. The molecule has 1 heterocycles. The molecular weight excluding hydrogens is 390 g/mol. The van der Waals surface area contributed by atoms with Crippen LogP contribution in [0.25, 0.3) is 0 Å².